The molecule has 1 amide bonds. The third-order valence-corrected chi connectivity index (χ3v) is 8.13. The standard InChI is InChI=1S/C32H45N3O8/c1-6-7-14-34(15-10-13-33(2)3)29(36)19-35-18-23(22-16-27(40-5)31-28(17-22)42-21-43-31)30(32(37)38)24(35)20-41-26-12-9-8-11-25(26)39-4/h8-9,11-12,16-17,23-24,30H,6-7,10,13-15,18-21H2,1-5H3,(H,37,38). The molecule has 2 aliphatic rings. The highest BCUT2D eigenvalue weighted by atomic mass is 16.7. The van der Waals surface area contributed by atoms with Crippen molar-refractivity contribution in [2.75, 3.05) is 74.4 Å². The molecule has 0 bridgehead atoms. The van der Waals surface area contributed by atoms with Gasteiger partial charge in [0.1, 0.15) is 6.61 Å². The van der Waals surface area contributed by atoms with Gasteiger partial charge in [0.15, 0.2) is 23.0 Å². The van der Waals surface area contributed by atoms with Crippen LogP contribution in [0.25, 0.3) is 0 Å². The number of carboxylic acids is 1. The number of benzene rings is 2. The van der Waals surface area contributed by atoms with Crippen molar-refractivity contribution in [1.29, 1.82) is 0 Å². The SMILES string of the molecule is CCCCN(CCCN(C)C)C(=O)CN1CC(c2cc(OC)c3c(c2)OCO3)C(C(=O)O)C1COc1ccccc1OC. The second-order valence-electron chi connectivity index (χ2n) is 11.3. The topological polar surface area (TPSA) is 110 Å². The Hall–Kier alpha value is -3.70. The second kappa shape index (κ2) is 15.2. The first-order chi connectivity index (χ1) is 20.8. The van der Waals surface area contributed by atoms with Crippen molar-refractivity contribution in [3.8, 4) is 28.7 Å². The Morgan fingerprint density at radius 1 is 1.00 bits per heavy atom. The zero-order valence-corrected chi connectivity index (χ0v) is 25.9. The molecule has 2 aliphatic heterocycles. The summed E-state index contributed by atoms with van der Waals surface area (Å²) in [5, 5.41) is 10.6. The van der Waals surface area contributed by atoms with E-state index in [4.69, 9.17) is 23.7 Å². The number of carboxylic acid groups (broad SMARTS) is 1. The number of methoxy groups -OCH3 is 2. The molecular formula is C32H45N3O8. The Bertz CT molecular complexity index is 1240. The summed E-state index contributed by atoms with van der Waals surface area (Å²) in [6, 6.07) is 10.3. The molecular weight excluding hydrogens is 554 g/mol. The second-order valence-corrected chi connectivity index (χ2v) is 11.3. The average molecular weight is 600 g/mol. The van der Waals surface area contributed by atoms with Gasteiger partial charge < -0.3 is 38.6 Å². The summed E-state index contributed by atoms with van der Waals surface area (Å²) in [4.78, 5) is 32.7. The maximum atomic E-state index is 13.8. The van der Waals surface area contributed by atoms with E-state index in [1.165, 1.54) is 0 Å². The number of rotatable bonds is 16. The molecule has 1 saturated heterocycles. The predicted octanol–water partition coefficient (Wildman–Crippen LogP) is 3.56. The van der Waals surface area contributed by atoms with Crippen LogP contribution < -0.4 is 23.7 Å². The molecule has 3 unspecified atom stereocenters. The molecule has 1 N–H and O–H groups in total. The first-order valence-corrected chi connectivity index (χ1v) is 14.9. The number of fused-ring (bicyclic) bond motifs is 1. The van der Waals surface area contributed by atoms with Gasteiger partial charge in [-0.25, -0.2) is 0 Å². The van der Waals surface area contributed by atoms with Crippen molar-refractivity contribution < 1.29 is 38.4 Å². The van der Waals surface area contributed by atoms with Gasteiger partial charge in [0.25, 0.3) is 0 Å². The van der Waals surface area contributed by atoms with E-state index in [0.717, 1.165) is 31.4 Å². The van der Waals surface area contributed by atoms with E-state index in [1.807, 2.05) is 48.2 Å². The molecule has 2 aromatic rings. The minimum atomic E-state index is -0.959. The zero-order chi connectivity index (χ0) is 30.9. The van der Waals surface area contributed by atoms with Gasteiger partial charge in [0, 0.05) is 25.6 Å². The number of aliphatic carboxylic acids is 1. The number of ether oxygens (including phenoxy) is 5. The quantitative estimate of drug-likeness (QED) is 0.308. The van der Waals surface area contributed by atoms with Gasteiger partial charge in [0.05, 0.1) is 32.7 Å². The summed E-state index contributed by atoms with van der Waals surface area (Å²) in [7, 11) is 7.14. The van der Waals surface area contributed by atoms with Gasteiger partial charge in [-0.05, 0) is 63.3 Å². The highest BCUT2D eigenvalue weighted by Gasteiger charge is 2.48. The fraction of sp³-hybridized carbons (Fsp3) is 0.562. The molecule has 0 aliphatic carbocycles. The number of para-hydroxylation sites is 2. The fourth-order valence-electron chi connectivity index (χ4n) is 5.88. The van der Waals surface area contributed by atoms with E-state index >= 15 is 0 Å². The molecule has 0 radical (unpaired) electrons. The lowest BCUT2D eigenvalue weighted by Crippen LogP contribution is -2.47. The van der Waals surface area contributed by atoms with E-state index in [9.17, 15) is 14.7 Å². The molecule has 11 heteroatoms. The summed E-state index contributed by atoms with van der Waals surface area (Å²) in [6.07, 6.45) is 2.75. The van der Waals surface area contributed by atoms with Crippen molar-refractivity contribution in [3.63, 3.8) is 0 Å². The van der Waals surface area contributed by atoms with Crippen LogP contribution >= 0.6 is 0 Å². The van der Waals surface area contributed by atoms with Gasteiger partial charge in [0.2, 0.25) is 18.4 Å². The van der Waals surface area contributed by atoms with Crippen molar-refractivity contribution in [2.45, 2.75) is 38.1 Å². The monoisotopic (exact) mass is 599 g/mol. The van der Waals surface area contributed by atoms with Crippen molar-refractivity contribution in [1.82, 2.24) is 14.7 Å². The smallest absolute Gasteiger partial charge is 0.308 e. The van der Waals surface area contributed by atoms with Crippen molar-refractivity contribution >= 4 is 11.9 Å². The van der Waals surface area contributed by atoms with Crippen LogP contribution in [0.1, 0.15) is 37.7 Å². The van der Waals surface area contributed by atoms with Crippen molar-refractivity contribution in [2.24, 2.45) is 5.92 Å². The highest BCUT2D eigenvalue weighted by Crippen LogP contribution is 2.47. The number of carbonyl (C=O) groups is 2. The molecule has 0 aromatic heterocycles. The number of unbranched alkanes of at least 4 members (excludes halogenated alkanes) is 1. The summed E-state index contributed by atoms with van der Waals surface area (Å²) in [6.45, 7) is 4.89. The van der Waals surface area contributed by atoms with E-state index in [0.29, 0.717) is 48.4 Å². The van der Waals surface area contributed by atoms with Gasteiger partial charge >= 0.3 is 5.97 Å². The zero-order valence-electron chi connectivity index (χ0n) is 25.9. The molecule has 3 atom stereocenters. The number of likely N-dealkylation sites (tertiary alicyclic amines) is 1. The number of hydrogen-bond acceptors (Lipinski definition) is 9. The summed E-state index contributed by atoms with van der Waals surface area (Å²) in [5.74, 6) is 0.299. The average Bonchev–Trinajstić information content (AvgIpc) is 3.62. The molecule has 2 heterocycles. The first-order valence-electron chi connectivity index (χ1n) is 14.9. The number of nitrogens with zero attached hydrogens (tertiary/aromatic N) is 3. The Morgan fingerprint density at radius 2 is 1.72 bits per heavy atom. The number of hydrogen-bond donors (Lipinski definition) is 1. The molecule has 4 rings (SSSR count). The largest absolute Gasteiger partial charge is 0.493 e. The highest BCUT2D eigenvalue weighted by molar-refractivity contribution is 5.79. The van der Waals surface area contributed by atoms with E-state index in [2.05, 4.69) is 11.8 Å². The van der Waals surface area contributed by atoms with E-state index < -0.39 is 23.8 Å². The maximum absolute atomic E-state index is 13.8. The van der Waals surface area contributed by atoms with E-state index in [-0.39, 0.29) is 25.9 Å². The molecule has 2 aromatic carbocycles. The van der Waals surface area contributed by atoms with Crippen LogP contribution in [0, 0.1) is 5.92 Å². The van der Waals surface area contributed by atoms with Crippen LogP contribution in [0.4, 0.5) is 0 Å². The Labute approximate surface area is 254 Å². The van der Waals surface area contributed by atoms with Gasteiger partial charge in [-0.2, -0.15) is 0 Å². The maximum Gasteiger partial charge on any atom is 0.308 e. The third-order valence-electron chi connectivity index (χ3n) is 8.13. The minimum absolute atomic E-state index is 0.0115. The summed E-state index contributed by atoms with van der Waals surface area (Å²) < 4.78 is 28.4. The Balaban J connectivity index is 1.64. The van der Waals surface area contributed by atoms with Gasteiger partial charge in [-0.3, -0.25) is 14.5 Å². The lowest BCUT2D eigenvalue weighted by Gasteiger charge is -2.30. The van der Waals surface area contributed by atoms with Crippen molar-refractivity contribution in [3.05, 3.63) is 42.0 Å². The van der Waals surface area contributed by atoms with Gasteiger partial charge in [-0.15, -0.1) is 0 Å². The molecule has 1 fully saturated rings. The molecule has 11 nitrogen and oxygen atoms in total. The fourth-order valence-corrected chi connectivity index (χ4v) is 5.88. The molecule has 0 spiro atoms. The van der Waals surface area contributed by atoms with Gasteiger partial charge in [-0.1, -0.05) is 25.5 Å². The van der Waals surface area contributed by atoms with Crippen LogP contribution in [0.3, 0.4) is 0 Å². The number of carbonyl (C=O) groups excluding carboxylic acids is 1. The third kappa shape index (κ3) is 7.83. The first kappa shape index (κ1) is 32.2. The Kier molecular flexibility index (Phi) is 11.4. The Morgan fingerprint density at radius 3 is 2.40 bits per heavy atom. The lowest BCUT2D eigenvalue weighted by molar-refractivity contribution is -0.144. The lowest BCUT2D eigenvalue weighted by atomic mass is 9.85. The molecule has 0 saturated carbocycles. The summed E-state index contributed by atoms with van der Waals surface area (Å²) >= 11 is 0. The van der Waals surface area contributed by atoms with Crippen LogP contribution in [0.15, 0.2) is 36.4 Å². The predicted molar refractivity (Wildman–Crippen MR) is 161 cm³/mol. The molecule has 236 valence electrons. The van der Waals surface area contributed by atoms with Crippen LogP contribution in [-0.2, 0) is 9.59 Å². The minimum Gasteiger partial charge on any atom is -0.493 e. The van der Waals surface area contributed by atoms with E-state index in [1.54, 1.807) is 26.4 Å². The molecule has 43 heavy (non-hydrogen) atoms. The van der Waals surface area contributed by atoms with Crippen LogP contribution in [0.2, 0.25) is 0 Å². The normalized spacial score (nSPS) is 19.4. The number of amides is 1. The van der Waals surface area contributed by atoms with Crippen LogP contribution in [0.5, 0.6) is 28.7 Å². The van der Waals surface area contributed by atoms with Crippen LogP contribution in [-0.4, -0.2) is 112 Å². The summed E-state index contributed by atoms with van der Waals surface area (Å²) in [5.41, 5.74) is 0.750.